The number of unbranched alkanes of at least 4 members (excludes halogenated alkanes) is 2. The van der Waals surface area contributed by atoms with Crippen LogP contribution in [0.4, 0.5) is 0 Å². The number of nitrogens with zero attached hydrogens (tertiary/aromatic N) is 3. The van der Waals surface area contributed by atoms with Crippen molar-refractivity contribution in [1.29, 1.82) is 0 Å². The molecule has 3 rings (SSSR count). The Bertz CT molecular complexity index is 867. The fourth-order valence-corrected chi connectivity index (χ4v) is 2.95. The first-order valence-corrected chi connectivity index (χ1v) is 8.01. The van der Waals surface area contributed by atoms with Gasteiger partial charge in [-0.15, -0.1) is 0 Å². The molecule has 2 aromatic heterocycles. The Hall–Kier alpha value is -2.43. The molecule has 0 atom stereocenters. The predicted molar refractivity (Wildman–Crippen MR) is 90.6 cm³/mol. The van der Waals surface area contributed by atoms with Gasteiger partial charge in [0.25, 0.3) is 0 Å². The van der Waals surface area contributed by atoms with E-state index in [0.717, 1.165) is 48.2 Å². The van der Waals surface area contributed by atoms with Crippen LogP contribution >= 0.6 is 0 Å². The number of esters is 1. The highest BCUT2D eigenvalue weighted by Crippen LogP contribution is 2.26. The maximum atomic E-state index is 12.2. The molecule has 0 amide bonds. The minimum Gasteiger partial charge on any atom is -0.465 e. The molecule has 0 unspecified atom stereocenters. The second kappa shape index (κ2) is 6.36. The Labute approximate surface area is 135 Å². The van der Waals surface area contributed by atoms with Crippen LogP contribution in [0.5, 0.6) is 0 Å². The average molecular weight is 311 g/mol. The molecule has 0 radical (unpaired) electrons. The van der Waals surface area contributed by atoms with Gasteiger partial charge >= 0.3 is 5.97 Å². The molecule has 0 spiro atoms. The van der Waals surface area contributed by atoms with Crippen molar-refractivity contribution in [2.45, 2.75) is 39.7 Å². The quantitative estimate of drug-likeness (QED) is 0.530. The zero-order valence-electron chi connectivity index (χ0n) is 13.8. The van der Waals surface area contributed by atoms with E-state index in [1.165, 1.54) is 7.11 Å². The molecule has 0 N–H and O–H groups in total. The van der Waals surface area contributed by atoms with Gasteiger partial charge in [-0.1, -0.05) is 31.9 Å². The van der Waals surface area contributed by atoms with Crippen molar-refractivity contribution >= 4 is 28.2 Å². The van der Waals surface area contributed by atoms with Gasteiger partial charge in [0, 0.05) is 12.2 Å². The van der Waals surface area contributed by atoms with Crippen molar-refractivity contribution in [2.75, 3.05) is 7.11 Å². The monoisotopic (exact) mass is 311 g/mol. The molecule has 3 aromatic rings. The lowest BCUT2D eigenvalue weighted by Crippen LogP contribution is -2.06. The Balaban J connectivity index is 2.25. The van der Waals surface area contributed by atoms with Gasteiger partial charge in [0.2, 0.25) is 0 Å². The molecule has 2 heterocycles. The smallest absolute Gasteiger partial charge is 0.341 e. The van der Waals surface area contributed by atoms with Crippen LogP contribution in [0.3, 0.4) is 0 Å². The summed E-state index contributed by atoms with van der Waals surface area (Å²) in [6.45, 7) is 4.94. The summed E-state index contributed by atoms with van der Waals surface area (Å²) >= 11 is 0. The minimum absolute atomic E-state index is 0.355. The van der Waals surface area contributed by atoms with E-state index >= 15 is 0 Å². The third kappa shape index (κ3) is 2.67. The van der Waals surface area contributed by atoms with Crippen LogP contribution in [-0.4, -0.2) is 27.6 Å². The zero-order valence-corrected chi connectivity index (χ0v) is 13.8. The van der Waals surface area contributed by atoms with Gasteiger partial charge in [-0.05, 0) is 25.5 Å². The second-order valence-corrected chi connectivity index (χ2v) is 5.70. The topological polar surface area (TPSA) is 57.0 Å². The van der Waals surface area contributed by atoms with E-state index in [1.54, 1.807) is 0 Å². The number of aromatic nitrogens is 3. The number of ether oxygens (including phenoxy) is 1. The lowest BCUT2D eigenvalue weighted by atomic mass is 10.2. The van der Waals surface area contributed by atoms with Crippen LogP contribution in [-0.2, 0) is 11.3 Å². The van der Waals surface area contributed by atoms with E-state index in [9.17, 15) is 4.79 Å². The van der Waals surface area contributed by atoms with Gasteiger partial charge in [0.1, 0.15) is 11.1 Å². The number of fused-ring (bicyclic) bond motifs is 2. The number of benzene rings is 1. The molecule has 0 aliphatic heterocycles. The van der Waals surface area contributed by atoms with Gasteiger partial charge in [-0.25, -0.2) is 14.8 Å². The van der Waals surface area contributed by atoms with Crippen LogP contribution in [0, 0.1) is 6.92 Å². The molecule has 23 heavy (non-hydrogen) atoms. The van der Waals surface area contributed by atoms with Crippen molar-refractivity contribution in [3.63, 3.8) is 0 Å². The molecule has 1 aromatic carbocycles. The van der Waals surface area contributed by atoms with Crippen molar-refractivity contribution in [1.82, 2.24) is 14.5 Å². The summed E-state index contributed by atoms with van der Waals surface area (Å²) in [4.78, 5) is 21.6. The number of hydrogen-bond acceptors (Lipinski definition) is 4. The van der Waals surface area contributed by atoms with Gasteiger partial charge in [0.05, 0.1) is 18.1 Å². The van der Waals surface area contributed by atoms with Crippen LogP contribution in [0.25, 0.3) is 22.2 Å². The molecular weight excluding hydrogens is 290 g/mol. The van der Waals surface area contributed by atoms with E-state index in [1.807, 2.05) is 31.2 Å². The van der Waals surface area contributed by atoms with Gasteiger partial charge in [0.15, 0.2) is 5.65 Å². The summed E-state index contributed by atoms with van der Waals surface area (Å²) in [6, 6.07) is 7.72. The van der Waals surface area contributed by atoms with Crippen molar-refractivity contribution in [3.8, 4) is 0 Å². The van der Waals surface area contributed by atoms with Crippen LogP contribution in [0.2, 0.25) is 0 Å². The Morgan fingerprint density at radius 1 is 1.17 bits per heavy atom. The van der Waals surface area contributed by atoms with Crippen molar-refractivity contribution < 1.29 is 9.53 Å². The van der Waals surface area contributed by atoms with E-state index in [2.05, 4.69) is 16.5 Å². The molecule has 0 saturated heterocycles. The minimum atomic E-state index is -0.355. The first-order chi connectivity index (χ1) is 11.2. The highest BCUT2D eigenvalue weighted by Gasteiger charge is 2.23. The van der Waals surface area contributed by atoms with Gasteiger partial charge in [-0.2, -0.15) is 0 Å². The summed E-state index contributed by atoms with van der Waals surface area (Å²) in [5.74, 6) is -0.355. The normalized spacial score (nSPS) is 11.3. The van der Waals surface area contributed by atoms with E-state index in [0.29, 0.717) is 11.1 Å². The number of carbonyl (C=O) groups excluding carboxylic acids is 1. The van der Waals surface area contributed by atoms with Crippen molar-refractivity contribution in [2.24, 2.45) is 0 Å². The molecule has 0 aliphatic rings. The molecule has 5 heteroatoms. The summed E-state index contributed by atoms with van der Waals surface area (Å²) in [6.07, 6.45) is 3.35. The number of carbonyl (C=O) groups is 1. The standard InChI is InChI=1S/C18H21N3O2/c1-4-5-8-11-21-12(2)15(18(22)23-3)16-17(21)20-14-10-7-6-9-13(14)19-16/h6-7,9-10H,4-5,8,11H2,1-3H3. The Morgan fingerprint density at radius 3 is 2.52 bits per heavy atom. The third-order valence-corrected chi connectivity index (χ3v) is 4.19. The lowest BCUT2D eigenvalue weighted by molar-refractivity contribution is 0.0601. The molecule has 5 nitrogen and oxygen atoms in total. The van der Waals surface area contributed by atoms with Crippen LogP contribution < -0.4 is 0 Å². The molecule has 0 saturated carbocycles. The Kier molecular flexibility index (Phi) is 4.28. The summed E-state index contributed by atoms with van der Waals surface area (Å²) in [5.41, 5.74) is 4.42. The fourth-order valence-electron chi connectivity index (χ4n) is 2.95. The SMILES string of the molecule is CCCCCn1c(C)c(C(=O)OC)c2nc3ccccc3nc21. The van der Waals surface area contributed by atoms with Gasteiger partial charge in [-0.3, -0.25) is 0 Å². The van der Waals surface area contributed by atoms with Crippen LogP contribution in [0.1, 0.15) is 42.2 Å². The molecule has 0 bridgehead atoms. The zero-order chi connectivity index (χ0) is 16.4. The maximum absolute atomic E-state index is 12.2. The predicted octanol–water partition coefficient (Wildman–Crippen LogP) is 3.87. The van der Waals surface area contributed by atoms with Crippen molar-refractivity contribution in [3.05, 3.63) is 35.5 Å². The first-order valence-electron chi connectivity index (χ1n) is 8.01. The molecule has 0 aliphatic carbocycles. The summed E-state index contributed by atoms with van der Waals surface area (Å²) in [5, 5.41) is 0. The Morgan fingerprint density at radius 2 is 1.87 bits per heavy atom. The molecule has 120 valence electrons. The summed E-state index contributed by atoms with van der Waals surface area (Å²) < 4.78 is 7.05. The highest BCUT2D eigenvalue weighted by atomic mass is 16.5. The van der Waals surface area contributed by atoms with Gasteiger partial charge < -0.3 is 9.30 Å². The number of aryl methyl sites for hydroxylation is 1. The molecular formula is C18H21N3O2. The maximum Gasteiger partial charge on any atom is 0.341 e. The second-order valence-electron chi connectivity index (χ2n) is 5.70. The van der Waals surface area contributed by atoms with Crippen LogP contribution in [0.15, 0.2) is 24.3 Å². The summed E-state index contributed by atoms with van der Waals surface area (Å²) in [7, 11) is 1.40. The van der Waals surface area contributed by atoms with E-state index in [-0.39, 0.29) is 5.97 Å². The number of hydrogen-bond donors (Lipinski definition) is 0. The fraction of sp³-hybridized carbons (Fsp3) is 0.389. The highest BCUT2D eigenvalue weighted by molar-refractivity contribution is 6.04. The van der Waals surface area contributed by atoms with E-state index < -0.39 is 0 Å². The average Bonchev–Trinajstić information content (AvgIpc) is 2.84. The first kappa shape index (κ1) is 15.5. The third-order valence-electron chi connectivity index (χ3n) is 4.19. The molecule has 0 fully saturated rings. The van der Waals surface area contributed by atoms with E-state index in [4.69, 9.17) is 9.72 Å². The largest absolute Gasteiger partial charge is 0.465 e. The number of rotatable bonds is 5. The lowest BCUT2D eigenvalue weighted by Gasteiger charge is -2.07. The number of methoxy groups -OCH3 is 1. The number of para-hydroxylation sites is 2.